The standard InChI is InChI=1S/C25H32Cl2N2O3/c1-5-17(4)28-25(31)23(7-3)29(15-20-21(26)9-8-10-22(20)27)24(30)16-32-19-13-11-18(6-2)12-14-19/h8-14,17,23H,5-7,15-16H2,1-4H3,(H,28,31)/t17-,23+/m1/s1. The monoisotopic (exact) mass is 478 g/mol. The topological polar surface area (TPSA) is 58.6 Å². The molecular formula is C25H32Cl2N2O3. The third-order valence-electron chi connectivity index (χ3n) is 5.47. The van der Waals surface area contributed by atoms with Crippen LogP contribution in [-0.2, 0) is 22.6 Å². The third-order valence-corrected chi connectivity index (χ3v) is 6.18. The quantitative estimate of drug-likeness (QED) is 0.453. The van der Waals surface area contributed by atoms with Crippen LogP contribution in [0.25, 0.3) is 0 Å². The van der Waals surface area contributed by atoms with Gasteiger partial charge in [-0.05, 0) is 56.0 Å². The van der Waals surface area contributed by atoms with Crippen molar-refractivity contribution in [2.45, 2.75) is 65.6 Å². The molecule has 2 atom stereocenters. The van der Waals surface area contributed by atoms with Crippen molar-refractivity contribution in [3.63, 3.8) is 0 Å². The minimum atomic E-state index is -0.671. The Bertz CT molecular complexity index is 882. The van der Waals surface area contributed by atoms with E-state index in [1.165, 1.54) is 10.5 Å². The molecule has 0 unspecified atom stereocenters. The normalized spacial score (nSPS) is 12.7. The van der Waals surface area contributed by atoms with Crippen LogP contribution < -0.4 is 10.1 Å². The molecule has 0 aromatic heterocycles. The first-order valence-corrected chi connectivity index (χ1v) is 11.8. The summed E-state index contributed by atoms with van der Waals surface area (Å²) >= 11 is 12.7. The van der Waals surface area contributed by atoms with Gasteiger partial charge in [-0.15, -0.1) is 0 Å². The third kappa shape index (κ3) is 7.14. The molecule has 5 nitrogen and oxygen atoms in total. The smallest absolute Gasteiger partial charge is 0.261 e. The van der Waals surface area contributed by atoms with Gasteiger partial charge in [-0.25, -0.2) is 0 Å². The van der Waals surface area contributed by atoms with Crippen LogP contribution in [-0.4, -0.2) is 35.4 Å². The van der Waals surface area contributed by atoms with Crippen molar-refractivity contribution < 1.29 is 14.3 Å². The highest BCUT2D eigenvalue weighted by molar-refractivity contribution is 6.36. The molecular weight excluding hydrogens is 447 g/mol. The number of carbonyl (C=O) groups is 2. The lowest BCUT2D eigenvalue weighted by Gasteiger charge is -2.31. The van der Waals surface area contributed by atoms with Crippen LogP contribution in [0.2, 0.25) is 10.0 Å². The molecule has 0 heterocycles. The van der Waals surface area contributed by atoms with E-state index in [0.717, 1.165) is 12.8 Å². The lowest BCUT2D eigenvalue weighted by Crippen LogP contribution is -2.51. The molecule has 0 saturated carbocycles. The summed E-state index contributed by atoms with van der Waals surface area (Å²) in [4.78, 5) is 27.7. The Labute approximate surface area is 201 Å². The van der Waals surface area contributed by atoms with Gasteiger partial charge in [0.05, 0.1) is 0 Å². The molecule has 0 aliphatic rings. The molecule has 0 spiro atoms. The molecule has 1 N–H and O–H groups in total. The van der Waals surface area contributed by atoms with Gasteiger partial charge in [-0.3, -0.25) is 9.59 Å². The number of carbonyl (C=O) groups excluding carboxylic acids is 2. The van der Waals surface area contributed by atoms with Crippen LogP contribution in [0.3, 0.4) is 0 Å². The summed E-state index contributed by atoms with van der Waals surface area (Å²) in [5, 5.41) is 3.87. The Kier molecular flexibility index (Phi) is 10.3. The van der Waals surface area contributed by atoms with E-state index >= 15 is 0 Å². The average Bonchev–Trinajstić information content (AvgIpc) is 2.79. The van der Waals surface area contributed by atoms with Crippen LogP contribution >= 0.6 is 23.2 Å². The molecule has 0 bridgehead atoms. The summed E-state index contributed by atoms with van der Waals surface area (Å²) in [6.07, 6.45) is 2.17. The van der Waals surface area contributed by atoms with Gasteiger partial charge in [0, 0.05) is 28.2 Å². The molecule has 32 heavy (non-hydrogen) atoms. The van der Waals surface area contributed by atoms with Crippen LogP contribution in [0.15, 0.2) is 42.5 Å². The molecule has 7 heteroatoms. The minimum absolute atomic E-state index is 0.00531. The molecule has 0 aliphatic heterocycles. The summed E-state index contributed by atoms with van der Waals surface area (Å²) in [6, 6.07) is 12.1. The zero-order chi connectivity index (χ0) is 23.7. The number of ether oxygens (including phenoxy) is 1. The van der Waals surface area contributed by atoms with E-state index in [9.17, 15) is 9.59 Å². The van der Waals surface area contributed by atoms with Gasteiger partial charge in [-0.2, -0.15) is 0 Å². The maximum atomic E-state index is 13.3. The fourth-order valence-corrected chi connectivity index (χ4v) is 3.78. The second-order valence-electron chi connectivity index (χ2n) is 7.75. The fraction of sp³-hybridized carbons (Fsp3) is 0.440. The Morgan fingerprint density at radius 2 is 1.62 bits per heavy atom. The van der Waals surface area contributed by atoms with Crippen molar-refractivity contribution in [3.05, 3.63) is 63.6 Å². The lowest BCUT2D eigenvalue weighted by atomic mass is 10.1. The average molecular weight is 479 g/mol. The molecule has 2 amide bonds. The van der Waals surface area contributed by atoms with Crippen LogP contribution in [0.4, 0.5) is 0 Å². The van der Waals surface area contributed by atoms with Crippen LogP contribution in [0.5, 0.6) is 5.75 Å². The number of hydrogen-bond donors (Lipinski definition) is 1. The molecule has 0 saturated heterocycles. The highest BCUT2D eigenvalue weighted by Gasteiger charge is 2.30. The Morgan fingerprint density at radius 1 is 1.00 bits per heavy atom. The Morgan fingerprint density at radius 3 is 2.16 bits per heavy atom. The summed E-state index contributed by atoms with van der Waals surface area (Å²) in [6.45, 7) is 7.80. The van der Waals surface area contributed by atoms with Crippen molar-refractivity contribution in [1.82, 2.24) is 10.2 Å². The number of benzene rings is 2. The van der Waals surface area contributed by atoms with Gasteiger partial charge < -0.3 is 15.0 Å². The number of nitrogens with zero attached hydrogens (tertiary/aromatic N) is 1. The van der Waals surface area contributed by atoms with Gasteiger partial charge in [-0.1, -0.05) is 62.2 Å². The number of amides is 2. The number of halogens is 2. The predicted octanol–water partition coefficient (Wildman–Crippen LogP) is 5.66. The minimum Gasteiger partial charge on any atom is -0.484 e. The van der Waals surface area contributed by atoms with Crippen molar-refractivity contribution in [1.29, 1.82) is 0 Å². The fourth-order valence-electron chi connectivity index (χ4n) is 3.26. The maximum Gasteiger partial charge on any atom is 0.261 e. The van der Waals surface area contributed by atoms with E-state index in [-0.39, 0.29) is 31.0 Å². The second-order valence-corrected chi connectivity index (χ2v) is 8.56. The summed E-state index contributed by atoms with van der Waals surface area (Å²) in [5.74, 6) is 0.0840. The van der Waals surface area contributed by atoms with E-state index in [1.54, 1.807) is 18.2 Å². The first-order valence-electron chi connectivity index (χ1n) is 11.0. The lowest BCUT2D eigenvalue weighted by molar-refractivity contribution is -0.143. The SMILES string of the molecule is CCc1ccc(OCC(=O)N(Cc2c(Cl)cccc2Cl)[C@@H](CC)C(=O)N[C@H](C)CC)cc1. The molecule has 0 fully saturated rings. The molecule has 2 aromatic rings. The van der Waals surface area contributed by atoms with E-state index in [2.05, 4.69) is 12.2 Å². The van der Waals surface area contributed by atoms with Crippen molar-refractivity contribution >= 4 is 35.0 Å². The summed E-state index contributed by atoms with van der Waals surface area (Å²) in [7, 11) is 0. The van der Waals surface area contributed by atoms with Gasteiger partial charge in [0.1, 0.15) is 11.8 Å². The van der Waals surface area contributed by atoms with Gasteiger partial charge >= 0.3 is 0 Å². The van der Waals surface area contributed by atoms with E-state index < -0.39 is 6.04 Å². The van der Waals surface area contributed by atoms with Crippen molar-refractivity contribution in [2.24, 2.45) is 0 Å². The largest absolute Gasteiger partial charge is 0.484 e. The first-order chi connectivity index (χ1) is 15.3. The second kappa shape index (κ2) is 12.7. The Balaban J connectivity index is 2.26. The first kappa shape index (κ1) is 26.0. The van der Waals surface area contributed by atoms with E-state index in [0.29, 0.717) is 27.8 Å². The molecule has 0 radical (unpaired) electrons. The number of hydrogen-bond acceptors (Lipinski definition) is 3. The number of nitrogens with one attached hydrogen (secondary N) is 1. The Hall–Kier alpha value is -2.24. The highest BCUT2D eigenvalue weighted by atomic mass is 35.5. The van der Waals surface area contributed by atoms with Gasteiger partial charge in [0.2, 0.25) is 5.91 Å². The predicted molar refractivity (Wildman–Crippen MR) is 130 cm³/mol. The van der Waals surface area contributed by atoms with E-state index in [1.807, 2.05) is 45.0 Å². The maximum absolute atomic E-state index is 13.3. The zero-order valence-corrected chi connectivity index (χ0v) is 20.7. The molecule has 2 rings (SSSR count). The van der Waals surface area contributed by atoms with Crippen LogP contribution in [0, 0.1) is 0 Å². The molecule has 2 aromatic carbocycles. The van der Waals surface area contributed by atoms with Gasteiger partial charge in [0.15, 0.2) is 6.61 Å². The van der Waals surface area contributed by atoms with Crippen LogP contribution in [0.1, 0.15) is 51.7 Å². The molecule has 174 valence electrons. The van der Waals surface area contributed by atoms with Gasteiger partial charge in [0.25, 0.3) is 5.91 Å². The summed E-state index contributed by atoms with van der Waals surface area (Å²) < 4.78 is 5.73. The molecule has 0 aliphatic carbocycles. The van der Waals surface area contributed by atoms with Crippen molar-refractivity contribution in [3.8, 4) is 5.75 Å². The number of aryl methyl sites for hydroxylation is 1. The summed E-state index contributed by atoms with van der Waals surface area (Å²) in [5.41, 5.74) is 1.79. The number of rotatable bonds is 11. The van der Waals surface area contributed by atoms with E-state index in [4.69, 9.17) is 27.9 Å². The highest BCUT2D eigenvalue weighted by Crippen LogP contribution is 2.27. The zero-order valence-electron chi connectivity index (χ0n) is 19.2. The van der Waals surface area contributed by atoms with Crippen molar-refractivity contribution in [2.75, 3.05) is 6.61 Å².